The van der Waals surface area contributed by atoms with E-state index in [4.69, 9.17) is 0 Å². The number of aryl methyl sites for hydroxylation is 1. The van der Waals surface area contributed by atoms with Gasteiger partial charge in [-0.05, 0) is 54.3 Å². The number of aromatic nitrogens is 1. The summed E-state index contributed by atoms with van der Waals surface area (Å²) in [5.74, 6) is -0.135. The summed E-state index contributed by atoms with van der Waals surface area (Å²) in [6.45, 7) is 2.33. The SMILES string of the molecule is O=C1N(CCCc2ccccc2)CCC[C@]1(O)CNCc1ccc2cc[nH]c2c1. The summed E-state index contributed by atoms with van der Waals surface area (Å²) in [7, 11) is 0. The van der Waals surface area contributed by atoms with Gasteiger partial charge in [0, 0.05) is 37.9 Å². The Labute approximate surface area is 171 Å². The number of aromatic amines is 1. The van der Waals surface area contributed by atoms with Gasteiger partial charge < -0.3 is 20.3 Å². The number of carbonyl (C=O) groups excluding carboxylic acids is 1. The summed E-state index contributed by atoms with van der Waals surface area (Å²) in [5, 5.41) is 15.5. The summed E-state index contributed by atoms with van der Waals surface area (Å²) >= 11 is 0. The van der Waals surface area contributed by atoms with Crippen molar-refractivity contribution < 1.29 is 9.90 Å². The molecule has 29 heavy (non-hydrogen) atoms. The molecule has 1 fully saturated rings. The summed E-state index contributed by atoms with van der Waals surface area (Å²) < 4.78 is 0. The van der Waals surface area contributed by atoms with Crippen LogP contribution in [0.1, 0.15) is 30.4 Å². The van der Waals surface area contributed by atoms with Gasteiger partial charge in [-0.25, -0.2) is 0 Å². The molecule has 5 heteroatoms. The molecule has 1 aromatic heterocycles. The van der Waals surface area contributed by atoms with E-state index in [1.165, 1.54) is 10.9 Å². The molecule has 0 aliphatic carbocycles. The first-order chi connectivity index (χ1) is 14.1. The van der Waals surface area contributed by atoms with Gasteiger partial charge in [0.25, 0.3) is 5.91 Å². The molecule has 0 spiro atoms. The number of H-pyrrole nitrogens is 1. The van der Waals surface area contributed by atoms with Gasteiger partial charge in [-0.3, -0.25) is 4.79 Å². The third-order valence-corrected chi connectivity index (χ3v) is 5.81. The molecule has 1 amide bonds. The number of aliphatic hydroxyl groups is 1. The van der Waals surface area contributed by atoms with Gasteiger partial charge in [0.2, 0.25) is 0 Å². The lowest BCUT2D eigenvalue weighted by molar-refractivity contribution is -0.156. The fourth-order valence-corrected chi connectivity index (χ4v) is 4.18. The minimum atomic E-state index is -1.30. The minimum absolute atomic E-state index is 0.135. The van der Waals surface area contributed by atoms with Gasteiger partial charge in [0.1, 0.15) is 0 Å². The van der Waals surface area contributed by atoms with Crippen molar-refractivity contribution in [2.45, 2.75) is 37.8 Å². The van der Waals surface area contributed by atoms with Gasteiger partial charge in [-0.2, -0.15) is 0 Å². The third kappa shape index (κ3) is 4.69. The Morgan fingerprint density at radius 3 is 2.83 bits per heavy atom. The van der Waals surface area contributed by atoms with Crippen molar-refractivity contribution in [3.8, 4) is 0 Å². The van der Waals surface area contributed by atoms with Crippen molar-refractivity contribution in [3.63, 3.8) is 0 Å². The molecule has 1 aliphatic rings. The standard InChI is InChI=1S/C24H29N3O2/c28-23-24(29,18-25-17-20-9-10-21-11-13-26-22(21)16-20)12-5-15-27(23)14-4-8-19-6-2-1-3-7-19/h1-3,6-7,9-11,13,16,25-26,29H,4-5,8,12,14-15,17-18H2/t24-/m0/s1. The van der Waals surface area contributed by atoms with Crippen LogP contribution in [0, 0.1) is 0 Å². The monoisotopic (exact) mass is 391 g/mol. The highest BCUT2D eigenvalue weighted by Crippen LogP contribution is 2.23. The number of nitrogens with one attached hydrogen (secondary N) is 2. The summed E-state index contributed by atoms with van der Waals surface area (Å²) in [6, 6.07) is 18.6. The second-order valence-electron chi connectivity index (χ2n) is 8.02. The Morgan fingerprint density at radius 2 is 1.97 bits per heavy atom. The first-order valence-corrected chi connectivity index (χ1v) is 10.5. The molecule has 4 rings (SSSR count). The highest BCUT2D eigenvalue weighted by atomic mass is 16.3. The van der Waals surface area contributed by atoms with E-state index in [1.54, 1.807) is 0 Å². The van der Waals surface area contributed by atoms with E-state index in [1.807, 2.05) is 35.4 Å². The normalized spacial score (nSPS) is 19.8. The fraction of sp³-hybridized carbons (Fsp3) is 0.375. The van der Waals surface area contributed by atoms with Crippen LogP contribution in [0.2, 0.25) is 0 Å². The van der Waals surface area contributed by atoms with Crippen LogP contribution in [0.4, 0.5) is 0 Å². The third-order valence-electron chi connectivity index (χ3n) is 5.81. The average molecular weight is 392 g/mol. The van der Waals surface area contributed by atoms with Crippen molar-refractivity contribution >= 4 is 16.8 Å². The Bertz CT molecular complexity index is 953. The fourth-order valence-electron chi connectivity index (χ4n) is 4.18. The van der Waals surface area contributed by atoms with Crippen LogP contribution in [0.5, 0.6) is 0 Å². The molecule has 3 aromatic rings. The van der Waals surface area contributed by atoms with Crippen molar-refractivity contribution in [1.82, 2.24) is 15.2 Å². The maximum Gasteiger partial charge on any atom is 0.255 e. The number of nitrogens with zero attached hydrogens (tertiary/aromatic N) is 1. The van der Waals surface area contributed by atoms with Gasteiger partial charge in [0.05, 0.1) is 0 Å². The van der Waals surface area contributed by atoms with E-state index in [-0.39, 0.29) is 12.5 Å². The van der Waals surface area contributed by atoms with E-state index in [2.05, 4.69) is 40.6 Å². The summed E-state index contributed by atoms with van der Waals surface area (Å²) in [5.41, 5.74) is 2.21. The van der Waals surface area contributed by atoms with Gasteiger partial charge >= 0.3 is 0 Å². The highest BCUT2D eigenvalue weighted by Gasteiger charge is 2.41. The predicted molar refractivity (Wildman–Crippen MR) is 116 cm³/mol. The number of fused-ring (bicyclic) bond motifs is 1. The zero-order valence-corrected chi connectivity index (χ0v) is 16.7. The molecule has 5 nitrogen and oxygen atoms in total. The molecule has 0 radical (unpaired) electrons. The number of rotatable bonds is 8. The maximum atomic E-state index is 12.9. The van der Waals surface area contributed by atoms with E-state index in [9.17, 15) is 9.90 Å². The van der Waals surface area contributed by atoms with E-state index < -0.39 is 5.60 Å². The lowest BCUT2D eigenvalue weighted by Crippen LogP contribution is -2.58. The lowest BCUT2D eigenvalue weighted by atomic mass is 9.91. The minimum Gasteiger partial charge on any atom is -0.379 e. The second-order valence-corrected chi connectivity index (χ2v) is 8.02. The lowest BCUT2D eigenvalue weighted by Gasteiger charge is -2.38. The molecule has 3 N–H and O–H groups in total. The zero-order valence-electron chi connectivity index (χ0n) is 16.7. The van der Waals surface area contributed by atoms with Crippen molar-refractivity contribution in [2.24, 2.45) is 0 Å². The molecular formula is C24H29N3O2. The number of benzene rings is 2. The molecule has 2 heterocycles. The predicted octanol–water partition coefficient (Wildman–Crippen LogP) is 3.24. The molecule has 2 aromatic carbocycles. The molecule has 152 valence electrons. The number of hydrogen-bond acceptors (Lipinski definition) is 3. The maximum absolute atomic E-state index is 12.9. The molecule has 1 saturated heterocycles. The van der Waals surface area contributed by atoms with Gasteiger partial charge in [-0.15, -0.1) is 0 Å². The van der Waals surface area contributed by atoms with E-state index in [0.717, 1.165) is 36.9 Å². The van der Waals surface area contributed by atoms with Crippen molar-refractivity contribution in [1.29, 1.82) is 0 Å². The van der Waals surface area contributed by atoms with Crippen LogP contribution in [-0.2, 0) is 17.8 Å². The Balaban J connectivity index is 1.28. The van der Waals surface area contributed by atoms with E-state index in [0.29, 0.717) is 19.5 Å². The molecule has 1 aliphatic heterocycles. The van der Waals surface area contributed by atoms with Gasteiger partial charge in [0.15, 0.2) is 5.60 Å². The molecule has 0 unspecified atom stereocenters. The molecule has 1 atom stereocenters. The average Bonchev–Trinajstić information content (AvgIpc) is 3.20. The molecular weight excluding hydrogens is 362 g/mol. The first kappa shape index (κ1) is 19.7. The largest absolute Gasteiger partial charge is 0.379 e. The number of hydrogen-bond donors (Lipinski definition) is 3. The second kappa shape index (κ2) is 8.80. The molecule has 0 saturated carbocycles. The quantitative estimate of drug-likeness (QED) is 0.552. The van der Waals surface area contributed by atoms with Crippen LogP contribution < -0.4 is 5.32 Å². The van der Waals surface area contributed by atoms with Crippen LogP contribution in [0.25, 0.3) is 10.9 Å². The van der Waals surface area contributed by atoms with Crippen LogP contribution in [0.3, 0.4) is 0 Å². The van der Waals surface area contributed by atoms with Crippen LogP contribution in [-0.4, -0.2) is 46.1 Å². The number of amides is 1. The topological polar surface area (TPSA) is 68.4 Å². The summed E-state index contributed by atoms with van der Waals surface area (Å²) in [6.07, 6.45) is 5.14. The number of piperidine rings is 1. The van der Waals surface area contributed by atoms with Crippen LogP contribution >= 0.6 is 0 Å². The Morgan fingerprint density at radius 1 is 1.10 bits per heavy atom. The number of likely N-dealkylation sites (tertiary alicyclic amines) is 1. The van der Waals surface area contributed by atoms with Crippen molar-refractivity contribution in [3.05, 3.63) is 71.9 Å². The van der Waals surface area contributed by atoms with Crippen LogP contribution in [0.15, 0.2) is 60.8 Å². The number of carbonyl (C=O) groups is 1. The van der Waals surface area contributed by atoms with Gasteiger partial charge in [-0.1, -0.05) is 42.5 Å². The smallest absolute Gasteiger partial charge is 0.255 e. The van der Waals surface area contributed by atoms with E-state index >= 15 is 0 Å². The first-order valence-electron chi connectivity index (χ1n) is 10.5. The van der Waals surface area contributed by atoms with Crippen molar-refractivity contribution in [2.75, 3.05) is 19.6 Å². The highest BCUT2D eigenvalue weighted by molar-refractivity contribution is 5.86. The Hall–Kier alpha value is -2.63. The Kier molecular flexibility index (Phi) is 5.97. The zero-order chi connectivity index (χ0) is 20.1. The summed E-state index contributed by atoms with van der Waals surface area (Å²) in [4.78, 5) is 17.9. The molecule has 0 bridgehead atoms.